The van der Waals surface area contributed by atoms with Crippen LogP contribution in [0.5, 0.6) is 0 Å². The molecule has 0 aliphatic carbocycles. The molecule has 2 aromatic heterocycles. The zero-order valence-electron chi connectivity index (χ0n) is 19.8. The Hall–Kier alpha value is -3.73. The number of anilines is 3. The first-order valence-electron chi connectivity index (χ1n) is 11.7. The Morgan fingerprint density at radius 3 is 2.75 bits per heavy atom. The number of likely N-dealkylation sites (tertiary alicyclic amines) is 1. The van der Waals surface area contributed by atoms with E-state index in [1.165, 1.54) is 31.2 Å². The van der Waals surface area contributed by atoms with E-state index in [1.807, 2.05) is 0 Å². The van der Waals surface area contributed by atoms with E-state index in [4.69, 9.17) is 0 Å². The molecule has 3 aromatic rings. The summed E-state index contributed by atoms with van der Waals surface area (Å²) in [6.45, 7) is 2.19. The zero-order chi connectivity index (χ0) is 25.5. The molecule has 0 spiro atoms. The van der Waals surface area contributed by atoms with Gasteiger partial charge in [0.15, 0.2) is 0 Å². The number of carbonyl (C=O) groups excluding carboxylic acids is 1. The summed E-state index contributed by atoms with van der Waals surface area (Å²) in [5.74, 6) is 0.240. The minimum Gasteiger partial charge on any atom is -0.364 e. The highest BCUT2D eigenvalue weighted by atomic mass is 19.4. The maximum absolute atomic E-state index is 13.0. The fourth-order valence-electron chi connectivity index (χ4n) is 4.15. The van der Waals surface area contributed by atoms with Crippen molar-refractivity contribution in [3.8, 4) is 0 Å². The molecule has 1 aromatic carbocycles. The second-order valence-corrected chi connectivity index (χ2v) is 8.65. The van der Waals surface area contributed by atoms with Crippen LogP contribution >= 0.6 is 0 Å². The predicted molar refractivity (Wildman–Crippen MR) is 132 cm³/mol. The number of halogens is 3. The molecule has 1 saturated heterocycles. The van der Waals surface area contributed by atoms with Crippen molar-refractivity contribution < 1.29 is 18.0 Å². The number of alkyl halides is 3. The van der Waals surface area contributed by atoms with Gasteiger partial charge in [-0.1, -0.05) is 6.07 Å². The van der Waals surface area contributed by atoms with Crippen LogP contribution in [0.15, 0.2) is 54.9 Å². The molecular formula is C25H28F3N7O. The van der Waals surface area contributed by atoms with Gasteiger partial charge in [0.05, 0.1) is 23.4 Å². The lowest BCUT2D eigenvalue weighted by atomic mass is 10.1. The van der Waals surface area contributed by atoms with Crippen LogP contribution in [0.1, 0.15) is 40.9 Å². The van der Waals surface area contributed by atoms with E-state index in [-0.39, 0.29) is 17.8 Å². The average Bonchev–Trinajstić information content (AvgIpc) is 3.27. The number of amides is 1. The summed E-state index contributed by atoms with van der Waals surface area (Å²) >= 11 is 0. The first-order chi connectivity index (χ1) is 17.3. The number of carbonyl (C=O) groups is 1. The number of hydrogen-bond acceptors (Lipinski definition) is 7. The molecule has 3 N–H and O–H groups in total. The molecular weight excluding hydrogens is 471 g/mol. The number of hydrogen-bond donors (Lipinski definition) is 3. The summed E-state index contributed by atoms with van der Waals surface area (Å²) in [5.41, 5.74) is 0.0941. The SMILES string of the molecule is CN1CCC[C@@H]1CCNc1nccc(CNc2ncccc2C(=O)Nc2cccc(C(F)(F)F)c2)n1. The molecule has 0 saturated carbocycles. The summed E-state index contributed by atoms with van der Waals surface area (Å²) in [6.07, 6.45) is 2.13. The lowest BCUT2D eigenvalue weighted by Crippen LogP contribution is -2.27. The van der Waals surface area contributed by atoms with Gasteiger partial charge in [-0.05, 0) is 69.3 Å². The van der Waals surface area contributed by atoms with Crippen molar-refractivity contribution in [1.29, 1.82) is 0 Å². The van der Waals surface area contributed by atoms with Gasteiger partial charge in [-0.25, -0.2) is 15.0 Å². The van der Waals surface area contributed by atoms with Crippen molar-refractivity contribution in [3.63, 3.8) is 0 Å². The largest absolute Gasteiger partial charge is 0.416 e. The van der Waals surface area contributed by atoms with E-state index >= 15 is 0 Å². The van der Waals surface area contributed by atoms with Crippen LogP contribution < -0.4 is 16.0 Å². The number of aromatic nitrogens is 3. The molecule has 1 atom stereocenters. The summed E-state index contributed by atoms with van der Waals surface area (Å²) in [5, 5.41) is 8.86. The minimum absolute atomic E-state index is 0.0416. The molecule has 0 radical (unpaired) electrons. The van der Waals surface area contributed by atoms with Crippen LogP contribution in [0.3, 0.4) is 0 Å². The van der Waals surface area contributed by atoms with E-state index < -0.39 is 17.6 Å². The Morgan fingerprint density at radius 1 is 1.11 bits per heavy atom. The van der Waals surface area contributed by atoms with Gasteiger partial charge in [0, 0.05) is 30.7 Å². The Kier molecular flexibility index (Phi) is 7.99. The van der Waals surface area contributed by atoms with Gasteiger partial charge in [0.2, 0.25) is 5.95 Å². The van der Waals surface area contributed by atoms with Gasteiger partial charge in [-0.3, -0.25) is 4.79 Å². The Bertz CT molecular complexity index is 1190. The van der Waals surface area contributed by atoms with E-state index in [2.05, 4.69) is 42.8 Å². The molecule has 11 heteroatoms. The molecule has 1 fully saturated rings. The molecule has 0 unspecified atom stereocenters. The first-order valence-corrected chi connectivity index (χ1v) is 11.7. The number of pyridine rings is 1. The highest BCUT2D eigenvalue weighted by molar-refractivity contribution is 6.07. The average molecular weight is 500 g/mol. The Labute approximate surface area is 207 Å². The molecule has 0 bridgehead atoms. The van der Waals surface area contributed by atoms with Gasteiger partial charge in [0.1, 0.15) is 5.82 Å². The third-order valence-corrected chi connectivity index (χ3v) is 6.08. The van der Waals surface area contributed by atoms with E-state index in [1.54, 1.807) is 24.4 Å². The fourth-order valence-corrected chi connectivity index (χ4v) is 4.15. The second-order valence-electron chi connectivity index (χ2n) is 8.65. The standard InChI is InChI=1S/C25H28F3N7O/c1-35-14-4-7-20(35)10-13-31-24-30-12-9-19(34-24)16-32-22-21(8-3-11-29-22)23(36)33-18-6-2-5-17(15-18)25(26,27)28/h2-3,5-6,8-9,11-12,15,20H,4,7,10,13-14,16H2,1H3,(H,29,32)(H,33,36)(H,30,31,34)/t20-/m1/s1. The molecule has 1 amide bonds. The number of nitrogens with zero attached hydrogens (tertiary/aromatic N) is 4. The van der Waals surface area contributed by atoms with Crippen molar-refractivity contribution >= 4 is 23.4 Å². The van der Waals surface area contributed by atoms with Crippen molar-refractivity contribution in [3.05, 3.63) is 71.7 Å². The van der Waals surface area contributed by atoms with E-state index in [0.717, 1.165) is 31.6 Å². The fraction of sp³-hybridized carbons (Fsp3) is 0.360. The smallest absolute Gasteiger partial charge is 0.364 e. The van der Waals surface area contributed by atoms with Crippen molar-refractivity contribution in [2.24, 2.45) is 0 Å². The maximum atomic E-state index is 13.0. The van der Waals surface area contributed by atoms with Crippen LogP contribution in [0.2, 0.25) is 0 Å². The van der Waals surface area contributed by atoms with Crippen molar-refractivity contribution in [2.45, 2.75) is 38.0 Å². The van der Waals surface area contributed by atoms with Crippen LogP contribution in [-0.2, 0) is 12.7 Å². The van der Waals surface area contributed by atoms with Crippen molar-refractivity contribution in [2.75, 3.05) is 36.1 Å². The number of benzene rings is 1. The molecule has 3 heterocycles. The summed E-state index contributed by atoms with van der Waals surface area (Å²) in [6, 6.07) is 9.95. The van der Waals surface area contributed by atoms with Crippen molar-refractivity contribution in [1.82, 2.24) is 19.9 Å². The van der Waals surface area contributed by atoms with Gasteiger partial charge in [0.25, 0.3) is 5.91 Å². The van der Waals surface area contributed by atoms with Gasteiger partial charge in [-0.2, -0.15) is 13.2 Å². The van der Waals surface area contributed by atoms with Gasteiger partial charge in [-0.15, -0.1) is 0 Å². The summed E-state index contributed by atoms with van der Waals surface area (Å²) in [4.78, 5) is 28.2. The lowest BCUT2D eigenvalue weighted by molar-refractivity contribution is -0.137. The first kappa shape index (κ1) is 25.4. The monoisotopic (exact) mass is 499 g/mol. The summed E-state index contributed by atoms with van der Waals surface area (Å²) < 4.78 is 39.0. The van der Waals surface area contributed by atoms with Crippen LogP contribution in [-0.4, -0.2) is 51.9 Å². The van der Waals surface area contributed by atoms with E-state index in [9.17, 15) is 18.0 Å². The molecule has 8 nitrogen and oxygen atoms in total. The summed E-state index contributed by atoms with van der Waals surface area (Å²) in [7, 11) is 2.15. The Balaban J connectivity index is 1.36. The second kappa shape index (κ2) is 11.3. The predicted octanol–water partition coefficient (Wildman–Crippen LogP) is 4.65. The topological polar surface area (TPSA) is 95.1 Å². The lowest BCUT2D eigenvalue weighted by Gasteiger charge is -2.19. The molecule has 1 aliphatic heterocycles. The third kappa shape index (κ3) is 6.69. The maximum Gasteiger partial charge on any atom is 0.416 e. The molecule has 4 rings (SSSR count). The Morgan fingerprint density at radius 2 is 1.97 bits per heavy atom. The highest BCUT2D eigenvalue weighted by Gasteiger charge is 2.30. The number of rotatable bonds is 9. The normalized spacial score (nSPS) is 16.1. The zero-order valence-corrected chi connectivity index (χ0v) is 19.8. The van der Waals surface area contributed by atoms with Crippen LogP contribution in [0, 0.1) is 0 Å². The highest BCUT2D eigenvalue weighted by Crippen LogP contribution is 2.31. The quantitative estimate of drug-likeness (QED) is 0.395. The molecule has 1 aliphatic rings. The van der Waals surface area contributed by atoms with Gasteiger partial charge >= 0.3 is 6.18 Å². The minimum atomic E-state index is -4.50. The van der Waals surface area contributed by atoms with Gasteiger partial charge < -0.3 is 20.9 Å². The molecule has 190 valence electrons. The van der Waals surface area contributed by atoms with Crippen LogP contribution in [0.25, 0.3) is 0 Å². The third-order valence-electron chi connectivity index (χ3n) is 6.08. The molecule has 36 heavy (non-hydrogen) atoms. The number of nitrogens with one attached hydrogen (secondary N) is 3. The van der Waals surface area contributed by atoms with E-state index in [0.29, 0.717) is 23.5 Å². The van der Waals surface area contributed by atoms with Crippen LogP contribution in [0.4, 0.5) is 30.6 Å².